The highest BCUT2D eigenvalue weighted by atomic mass is 127. The summed E-state index contributed by atoms with van der Waals surface area (Å²) in [7, 11) is 0.261. The van der Waals surface area contributed by atoms with Crippen molar-refractivity contribution in [2.75, 3.05) is 23.0 Å². The molecule has 2 rings (SSSR count). The third-order valence-electron chi connectivity index (χ3n) is 3.59. The first-order chi connectivity index (χ1) is 13.0. The Labute approximate surface area is 196 Å². The molecule has 0 saturated heterocycles. The minimum atomic E-state index is -3.28. The second kappa shape index (κ2) is 11.6. The minimum Gasteiger partial charge on any atom is -0.320 e. The van der Waals surface area contributed by atoms with E-state index in [2.05, 4.69) is 32.6 Å². The van der Waals surface area contributed by atoms with Crippen LogP contribution in [-0.4, -0.2) is 62.1 Å². The lowest BCUT2D eigenvalue weighted by molar-refractivity contribution is 0.0996. The van der Waals surface area contributed by atoms with Crippen molar-refractivity contribution in [2.45, 2.75) is 13.8 Å². The van der Waals surface area contributed by atoms with Crippen LogP contribution in [0, 0.1) is 7.40 Å². The number of thioether (sulfide) groups is 1. The van der Waals surface area contributed by atoms with Crippen molar-refractivity contribution in [1.29, 1.82) is 0 Å². The zero-order chi connectivity index (χ0) is 21.5. The molecule has 0 aromatic carbocycles. The molecule has 0 aliphatic carbocycles. The van der Waals surface area contributed by atoms with Crippen LogP contribution in [0.3, 0.4) is 0 Å². The van der Waals surface area contributed by atoms with Gasteiger partial charge in [-0.05, 0) is 50.9 Å². The fraction of sp³-hybridized carbons (Fsp3) is 0.500. The Morgan fingerprint density at radius 3 is 1.82 bits per heavy atom. The van der Waals surface area contributed by atoms with E-state index in [0.29, 0.717) is 11.6 Å². The van der Waals surface area contributed by atoms with E-state index in [0.717, 1.165) is 13.2 Å². The summed E-state index contributed by atoms with van der Waals surface area (Å²) >= 11 is 5.81. The zero-order valence-corrected chi connectivity index (χ0v) is 21.9. The standard InChI is InChI=1S/C8H11IN2O3S.C8H11IN2OS/c1-3-15(13,14)5-6(12)8-10-4-7(9)11(8)2;1-3-13-5-6(12)8-10-4-7(9)11(8)2/h4H,3,5H2,1-2H3;4H,3,5H2,1-2H3. The number of carbonyl (C=O) groups excluding carboxylic acids is 2. The Kier molecular flexibility index (Phi) is 10.6. The number of ketones is 2. The second-order valence-electron chi connectivity index (χ2n) is 5.59. The molecule has 0 radical (unpaired) electrons. The van der Waals surface area contributed by atoms with E-state index >= 15 is 0 Å². The van der Waals surface area contributed by atoms with E-state index in [4.69, 9.17) is 0 Å². The van der Waals surface area contributed by atoms with Crippen LogP contribution in [-0.2, 0) is 23.9 Å². The maximum atomic E-state index is 11.6. The predicted molar refractivity (Wildman–Crippen MR) is 128 cm³/mol. The second-order valence-corrected chi connectivity index (χ2v) is 11.4. The van der Waals surface area contributed by atoms with Gasteiger partial charge in [-0.2, -0.15) is 11.8 Å². The van der Waals surface area contributed by atoms with E-state index in [1.54, 1.807) is 29.6 Å². The van der Waals surface area contributed by atoms with E-state index < -0.39 is 21.4 Å². The van der Waals surface area contributed by atoms with Crippen LogP contribution in [0.1, 0.15) is 35.1 Å². The van der Waals surface area contributed by atoms with Gasteiger partial charge in [0.25, 0.3) is 0 Å². The average Bonchev–Trinajstić information content (AvgIpc) is 3.15. The van der Waals surface area contributed by atoms with Gasteiger partial charge in [0.15, 0.2) is 21.5 Å². The van der Waals surface area contributed by atoms with Crippen LogP contribution in [0.4, 0.5) is 0 Å². The molecular formula is C16H22I2N4O4S2. The molecular weight excluding hydrogens is 630 g/mol. The smallest absolute Gasteiger partial charge is 0.213 e. The normalized spacial score (nSPS) is 11.1. The number of sulfone groups is 1. The summed E-state index contributed by atoms with van der Waals surface area (Å²) in [5, 5.41) is 0. The van der Waals surface area contributed by atoms with E-state index in [1.165, 1.54) is 13.1 Å². The van der Waals surface area contributed by atoms with E-state index in [9.17, 15) is 18.0 Å². The molecule has 0 fully saturated rings. The van der Waals surface area contributed by atoms with E-state index in [1.807, 2.05) is 41.1 Å². The van der Waals surface area contributed by atoms with Crippen LogP contribution < -0.4 is 0 Å². The fourth-order valence-electron chi connectivity index (χ4n) is 1.92. The number of hydrogen-bond acceptors (Lipinski definition) is 7. The van der Waals surface area contributed by atoms with Gasteiger partial charge in [0, 0.05) is 19.8 Å². The maximum absolute atomic E-state index is 11.6. The van der Waals surface area contributed by atoms with Gasteiger partial charge >= 0.3 is 0 Å². The first kappa shape index (κ1) is 25.6. The quantitative estimate of drug-likeness (QED) is 0.319. The van der Waals surface area contributed by atoms with Crippen molar-refractivity contribution < 1.29 is 18.0 Å². The van der Waals surface area contributed by atoms with Gasteiger partial charge in [-0.1, -0.05) is 13.8 Å². The highest BCUT2D eigenvalue weighted by Gasteiger charge is 2.20. The third-order valence-corrected chi connectivity index (χ3v) is 8.05. The molecule has 0 N–H and O–H groups in total. The molecule has 2 aromatic heterocycles. The Morgan fingerprint density at radius 2 is 1.46 bits per heavy atom. The molecule has 12 heteroatoms. The molecule has 0 spiro atoms. The van der Waals surface area contributed by atoms with E-state index in [-0.39, 0.29) is 17.4 Å². The number of Topliss-reactive ketones (excluding diaryl/α,β-unsaturated/α-hetero) is 2. The number of halogens is 2. The lowest BCUT2D eigenvalue weighted by Crippen LogP contribution is -2.20. The largest absolute Gasteiger partial charge is 0.320 e. The first-order valence-electron chi connectivity index (χ1n) is 8.23. The summed E-state index contributed by atoms with van der Waals surface area (Å²) in [6, 6.07) is 0. The van der Waals surface area contributed by atoms with Crippen molar-refractivity contribution in [3.05, 3.63) is 31.4 Å². The highest BCUT2D eigenvalue weighted by molar-refractivity contribution is 14.1. The van der Waals surface area contributed by atoms with Crippen molar-refractivity contribution in [3.8, 4) is 0 Å². The van der Waals surface area contributed by atoms with Gasteiger partial charge in [0.1, 0.15) is 5.75 Å². The number of hydrogen-bond donors (Lipinski definition) is 0. The average molecular weight is 652 g/mol. The van der Waals surface area contributed by atoms with Gasteiger partial charge in [0.05, 0.1) is 25.5 Å². The lowest BCUT2D eigenvalue weighted by Gasteiger charge is -2.01. The van der Waals surface area contributed by atoms with Gasteiger partial charge in [-0.3, -0.25) is 9.59 Å². The molecule has 0 bridgehead atoms. The molecule has 0 saturated carbocycles. The number of aromatic nitrogens is 4. The van der Waals surface area contributed by atoms with Gasteiger partial charge in [-0.15, -0.1) is 0 Å². The Hall–Kier alpha value is -0.480. The molecule has 0 unspecified atom stereocenters. The molecule has 2 heterocycles. The fourth-order valence-corrected chi connectivity index (χ4v) is 3.91. The maximum Gasteiger partial charge on any atom is 0.213 e. The molecule has 0 atom stereocenters. The Bertz CT molecular complexity index is 939. The molecule has 28 heavy (non-hydrogen) atoms. The van der Waals surface area contributed by atoms with Crippen LogP contribution in [0.25, 0.3) is 0 Å². The Morgan fingerprint density at radius 1 is 1.00 bits per heavy atom. The van der Waals surface area contributed by atoms with Gasteiger partial charge in [0.2, 0.25) is 11.6 Å². The van der Waals surface area contributed by atoms with Crippen LogP contribution in [0.5, 0.6) is 0 Å². The number of nitrogens with zero attached hydrogens (tertiary/aromatic N) is 4. The van der Waals surface area contributed by atoms with Crippen LogP contribution in [0.2, 0.25) is 0 Å². The van der Waals surface area contributed by atoms with Crippen molar-refractivity contribution >= 4 is 78.3 Å². The van der Waals surface area contributed by atoms with Gasteiger partial charge in [-0.25, -0.2) is 18.4 Å². The summed E-state index contributed by atoms with van der Waals surface area (Å²) in [6.45, 7) is 3.56. The number of carbonyl (C=O) groups is 2. The molecule has 0 amide bonds. The van der Waals surface area contributed by atoms with Crippen LogP contribution in [0.15, 0.2) is 12.4 Å². The topological polar surface area (TPSA) is 104 Å². The SMILES string of the molecule is CCS(=O)(=O)CC(=O)c1ncc(I)n1C.CCSCC(=O)c1ncc(I)n1C. The first-order valence-corrected chi connectivity index (χ1v) is 13.4. The molecule has 0 aliphatic heterocycles. The van der Waals surface area contributed by atoms with Crippen molar-refractivity contribution in [2.24, 2.45) is 14.1 Å². The monoisotopic (exact) mass is 652 g/mol. The molecule has 2 aromatic rings. The third kappa shape index (κ3) is 7.40. The van der Waals surface area contributed by atoms with Gasteiger partial charge < -0.3 is 9.13 Å². The summed E-state index contributed by atoms with van der Waals surface area (Å²) in [5.41, 5.74) is 0. The molecule has 8 nitrogen and oxygen atoms in total. The summed E-state index contributed by atoms with van der Waals surface area (Å²) < 4.78 is 27.7. The highest BCUT2D eigenvalue weighted by Crippen LogP contribution is 2.09. The summed E-state index contributed by atoms with van der Waals surface area (Å²) in [6.07, 6.45) is 3.25. The van der Waals surface area contributed by atoms with Crippen molar-refractivity contribution in [3.63, 3.8) is 0 Å². The predicted octanol–water partition coefficient (Wildman–Crippen LogP) is 2.60. The number of rotatable bonds is 8. The minimum absolute atomic E-state index is 0.0275. The molecule has 0 aliphatic rings. The zero-order valence-electron chi connectivity index (χ0n) is 16.0. The Balaban J connectivity index is 0.000000283. The van der Waals surface area contributed by atoms with Crippen molar-refractivity contribution in [1.82, 2.24) is 19.1 Å². The van der Waals surface area contributed by atoms with Crippen LogP contribution >= 0.6 is 56.9 Å². The summed E-state index contributed by atoms with van der Waals surface area (Å²) in [4.78, 5) is 31.1. The molecule has 156 valence electrons. The lowest BCUT2D eigenvalue weighted by atomic mass is 10.4. The summed E-state index contributed by atoms with van der Waals surface area (Å²) in [5.74, 6) is 1.40. The number of imidazole rings is 2.